The normalized spacial score (nSPS) is 19.9. The third-order valence-electron chi connectivity index (χ3n) is 4.43. The van der Waals surface area contributed by atoms with Gasteiger partial charge < -0.3 is 19.9 Å². The Kier molecular flexibility index (Phi) is 5.64. The number of hydrogen-bond acceptors (Lipinski definition) is 6. The van der Waals surface area contributed by atoms with Crippen molar-refractivity contribution in [3.05, 3.63) is 57.6 Å². The van der Waals surface area contributed by atoms with Gasteiger partial charge in [0, 0.05) is 30.5 Å². The third kappa shape index (κ3) is 3.61. The van der Waals surface area contributed by atoms with Crippen LogP contribution in [0.4, 0.5) is 0 Å². The maximum Gasteiger partial charge on any atom is 0.340 e. The number of allylic oxidation sites excluding steroid dienone is 2. The maximum absolute atomic E-state index is 12.7. The van der Waals surface area contributed by atoms with E-state index in [9.17, 15) is 9.59 Å². The zero-order valence-electron chi connectivity index (χ0n) is 14.4. The molecule has 1 heterocycles. The van der Waals surface area contributed by atoms with Gasteiger partial charge in [-0.25, -0.2) is 4.79 Å². The van der Waals surface area contributed by atoms with Gasteiger partial charge in [0.15, 0.2) is 5.78 Å². The minimum atomic E-state index is -0.626. The Morgan fingerprint density at radius 1 is 1.27 bits per heavy atom. The minimum absolute atomic E-state index is 0.0270. The molecule has 0 fully saturated rings. The van der Waals surface area contributed by atoms with Gasteiger partial charge in [-0.05, 0) is 24.1 Å². The number of rotatable bonds is 5. The van der Waals surface area contributed by atoms with Crippen molar-refractivity contribution in [3.8, 4) is 0 Å². The number of ketones is 1. The van der Waals surface area contributed by atoms with E-state index in [4.69, 9.17) is 31.5 Å². The van der Waals surface area contributed by atoms with Gasteiger partial charge in [-0.2, -0.15) is 0 Å². The molecule has 2 N–H and O–H groups in total. The fourth-order valence-electron chi connectivity index (χ4n) is 3.24. The van der Waals surface area contributed by atoms with Crippen LogP contribution in [0.2, 0.25) is 5.02 Å². The molecule has 0 unspecified atom stereocenters. The van der Waals surface area contributed by atoms with Crippen molar-refractivity contribution in [1.29, 1.82) is 0 Å². The molecule has 0 aromatic heterocycles. The van der Waals surface area contributed by atoms with E-state index in [2.05, 4.69) is 0 Å². The van der Waals surface area contributed by atoms with Crippen molar-refractivity contribution in [2.24, 2.45) is 5.73 Å². The zero-order chi connectivity index (χ0) is 18.7. The molecule has 1 aliphatic carbocycles. The van der Waals surface area contributed by atoms with E-state index in [0.29, 0.717) is 35.6 Å². The minimum Gasteiger partial charge on any atom is -0.460 e. The number of hydrogen-bond donors (Lipinski definition) is 1. The van der Waals surface area contributed by atoms with Gasteiger partial charge in [-0.3, -0.25) is 4.79 Å². The second kappa shape index (κ2) is 7.93. The van der Waals surface area contributed by atoms with Gasteiger partial charge in [0.2, 0.25) is 5.88 Å². The SMILES string of the molecule is COCCOC(=O)C1=C(N)OC2=C(C(=O)CCC2)[C@@H]1c1ccc(Cl)cc1. The van der Waals surface area contributed by atoms with E-state index in [0.717, 1.165) is 5.56 Å². The van der Waals surface area contributed by atoms with Crippen LogP contribution in [-0.4, -0.2) is 32.1 Å². The van der Waals surface area contributed by atoms with Crippen LogP contribution in [-0.2, 0) is 23.8 Å². The Labute approximate surface area is 156 Å². The van der Waals surface area contributed by atoms with E-state index >= 15 is 0 Å². The largest absolute Gasteiger partial charge is 0.460 e. The average Bonchev–Trinajstić information content (AvgIpc) is 2.61. The number of methoxy groups -OCH3 is 1. The highest BCUT2D eigenvalue weighted by molar-refractivity contribution is 6.30. The van der Waals surface area contributed by atoms with Crippen molar-refractivity contribution >= 4 is 23.4 Å². The van der Waals surface area contributed by atoms with Crippen molar-refractivity contribution < 1.29 is 23.8 Å². The Morgan fingerprint density at radius 3 is 2.69 bits per heavy atom. The second-order valence-electron chi connectivity index (χ2n) is 6.11. The number of esters is 1. The molecule has 26 heavy (non-hydrogen) atoms. The predicted octanol–water partition coefficient (Wildman–Crippen LogP) is 2.82. The standard InChI is InChI=1S/C19H20ClNO5/c1-24-9-10-25-19(23)17-15(11-5-7-12(20)8-6-11)16-13(22)3-2-4-14(16)26-18(17)21/h5-8,15H,2-4,9-10,21H2,1H3/t15-/m0/s1. The first kappa shape index (κ1) is 18.5. The monoisotopic (exact) mass is 377 g/mol. The Balaban J connectivity index is 2.04. The molecular weight excluding hydrogens is 358 g/mol. The number of Topliss-reactive ketones (excluding diaryl/α,β-unsaturated/α-hetero) is 1. The van der Waals surface area contributed by atoms with E-state index in [1.807, 2.05) is 0 Å². The second-order valence-corrected chi connectivity index (χ2v) is 6.54. The van der Waals surface area contributed by atoms with E-state index in [1.165, 1.54) is 7.11 Å². The van der Waals surface area contributed by atoms with Crippen LogP contribution < -0.4 is 5.73 Å². The summed E-state index contributed by atoms with van der Waals surface area (Å²) in [5, 5.41) is 0.561. The molecule has 0 spiro atoms. The lowest BCUT2D eigenvalue weighted by Crippen LogP contribution is -2.31. The highest BCUT2D eigenvalue weighted by atomic mass is 35.5. The van der Waals surface area contributed by atoms with Crippen LogP contribution >= 0.6 is 11.6 Å². The molecule has 6 nitrogen and oxygen atoms in total. The highest BCUT2D eigenvalue weighted by Gasteiger charge is 2.41. The summed E-state index contributed by atoms with van der Waals surface area (Å²) in [7, 11) is 1.51. The summed E-state index contributed by atoms with van der Waals surface area (Å²) in [6.07, 6.45) is 1.72. The van der Waals surface area contributed by atoms with Crippen LogP contribution in [0.5, 0.6) is 0 Å². The Bertz CT molecular complexity index is 782. The van der Waals surface area contributed by atoms with Crippen molar-refractivity contribution in [2.75, 3.05) is 20.3 Å². The summed E-state index contributed by atoms with van der Waals surface area (Å²) in [5.74, 6) is -0.780. The number of ether oxygens (including phenoxy) is 3. The maximum atomic E-state index is 12.7. The summed E-state index contributed by atoms with van der Waals surface area (Å²) in [4.78, 5) is 25.3. The molecule has 2 aliphatic rings. The molecule has 7 heteroatoms. The van der Waals surface area contributed by atoms with Crippen LogP contribution in [0.3, 0.4) is 0 Å². The molecule has 138 valence electrons. The number of benzene rings is 1. The number of carbonyl (C=O) groups excluding carboxylic acids is 2. The summed E-state index contributed by atoms with van der Waals surface area (Å²) >= 11 is 5.98. The molecule has 0 saturated heterocycles. The lowest BCUT2D eigenvalue weighted by molar-refractivity contribution is -0.140. The lowest BCUT2D eigenvalue weighted by atomic mass is 9.77. The number of nitrogens with two attached hydrogens (primary N) is 1. The molecule has 0 amide bonds. The lowest BCUT2D eigenvalue weighted by Gasteiger charge is -2.32. The molecule has 1 aliphatic heterocycles. The van der Waals surface area contributed by atoms with Crippen LogP contribution in [0.1, 0.15) is 30.7 Å². The van der Waals surface area contributed by atoms with Gasteiger partial charge in [-0.1, -0.05) is 23.7 Å². The van der Waals surface area contributed by atoms with E-state index < -0.39 is 11.9 Å². The molecule has 3 rings (SSSR count). The predicted molar refractivity (Wildman–Crippen MR) is 95.2 cm³/mol. The quantitative estimate of drug-likeness (QED) is 0.627. The van der Waals surface area contributed by atoms with Crippen molar-refractivity contribution in [3.63, 3.8) is 0 Å². The average molecular weight is 378 g/mol. The highest BCUT2D eigenvalue weighted by Crippen LogP contribution is 2.44. The van der Waals surface area contributed by atoms with Crippen LogP contribution in [0.25, 0.3) is 0 Å². The van der Waals surface area contributed by atoms with Gasteiger partial charge in [0.05, 0.1) is 12.5 Å². The van der Waals surface area contributed by atoms with Crippen molar-refractivity contribution in [1.82, 2.24) is 0 Å². The van der Waals surface area contributed by atoms with Gasteiger partial charge in [0.1, 0.15) is 17.9 Å². The molecule has 0 saturated carbocycles. The summed E-state index contributed by atoms with van der Waals surface area (Å²) in [6.45, 7) is 0.345. The first-order valence-corrected chi connectivity index (χ1v) is 8.76. The fraction of sp³-hybridized carbons (Fsp3) is 0.368. The molecule has 1 atom stereocenters. The summed E-state index contributed by atoms with van der Waals surface area (Å²) in [6, 6.07) is 6.98. The fourth-order valence-corrected chi connectivity index (χ4v) is 3.37. The van der Waals surface area contributed by atoms with Gasteiger partial charge in [-0.15, -0.1) is 0 Å². The summed E-state index contributed by atoms with van der Waals surface area (Å²) < 4.78 is 15.8. The van der Waals surface area contributed by atoms with Gasteiger partial charge in [0.25, 0.3) is 0 Å². The Morgan fingerprint density at radius 2 is 2.00 bits per heavy atom. The Hall–Kier alpha value is -2.31. The third-order valence-corrected chi connectivity index (χ3v) is 4.68. The molecule has 1 aromatic carbocycles. The number of halogens is 1. The molecule has 1 aromatic rings. The first-order valence-electron chi connectivity index (χ1n) is 8.38. The van der Waals surface area contributed by atoms with Gasteiger partial charge >= 0.3 is 5.97 Å². The molecule has 0 bridgehead atoms. The van der Waals surface area contributed by atoms with E-state index in [-0.39, 0.29) is 30.5 Å². The smallest absolute Gasteiger partial charge is 0.340 e. The summed E-state index contributed by atoms with van der Waals surface area (Å²) in [5.41, 5.74) is 7.40. The molecular formula is C19H20ClNO5. The topological polar surface area (TPSA) is 87.8 Å². The zero-order valence-corrected chi connectivity index (χ0v) is 15.2. The molecule has 0 radical (unpaired) electrons. The van der Waals surface area contributed by atoms with Crippen molar-refractivity contribution in [2.45, 2.75) is 25.2 Å². The van der Waals surface area contributed by atoms with Crippen LogP contribution in [0.15, 0.2) is 47.1 Å². The number of carbonyl (C=O) groups is 2. The first-order chi connectivity index (χ1) is 12.5. The van der Waals surface area contributed by atoms with Crippen LogP contribution in [0, 0.1) is 0 Å². The van der Waals surface area contributed by atoms with E-state index in [1.54, 1.807) is 24.3 Å².